The van der Waals surface area contributed by atoms with Gasteiger partial charge in [0.05, 0.1) is 5.69 Å². The third kappa shape index (κ3) is 6.54. The highest BCUT2D eigenvalue weighted by atomic mass is 16.5. The number of nitrogens with zero attached hydrogens (tertiary/aromatic N) is 1. The molecule has 6 heteroatoms. The average Bonchev–Trinajstić information content (AvgIpc) is 3.22. The number of carbonyl (C=O) groups excluding carboxylic acids is 2. The first kappa shape index (κ1) is 23.8. The monoisotopic (exact) mass is 443 g/mol. The lowest BCUT2D eigenvalue weighted by molar-refractivity contribution is 0.111. The number of aldehydes is 2. The van der Waals surface area contributed by atoms with Crippen LogP contribution in [0.1, 0.15) is 27.3 Å². The van der Waals surface area contributed by atoms with Crippen molar-refractivity contribution < 1.29 is 14.3 Å². The van der Waals surface area contributed by atoms with Crippen molar-refractivity contribution in [1.82, 2.24) is 9.88 Å². The molecular formula is C27H29N3O3. The minimum Gasteiger partial charge on any atom is -0.457 e. The summed E-state index contributed by atoms with van der Waals surface area (Å²) in [6.45, 7) is 1.66. The van der Waals surface area contributed by atoms with E-state index >= 15 is 0 Å². The third-order valence-corrected chi connectivity index (χ3v) is 5.13. The predicted molar refractivity (Wildman–Crippen MR) is 134 cm³/mol. The topological polar surface area (TPSA) is 72.4 Å². The molecule has 33 heavy (non-hydrogen) atoms. The van der Waals surface area contributed by atoms with Crippen molar-refractivity contribution in [2.75, 3.05) is 26.0 Å². The minimum absolute atomic E-state index is 0.632. The van der Waals surface area contributed by atoms with Crippen LogP contribution in [0.2, 0.25) is 0 Å². The molecule has 0 aliphatic carbocycles. The van der Waals surface area contributed by atoms with E-state index in [-0.39, 0.29) is 0 Å². The molecule has 1 heterocycles. The molecule has 0 spiro atoms. The number of fused-ring (bicyclic) bond motifs is 1. The smallest absolute Gasteiger partial charge is 0.166 e. The lowest BCUT2D eigenvalue weighted by Gasteiger charge is -2.07. The molecule has 2 N–H and O–H groups in total. The van der Waals surface area contributed by atoms with E-state index in [0.29, 0.717) is 11.3 Å². The molecule has 0 aliphatic rings. The van der Waals surface area contributed by atoms with E-state index in [1.807, 2.05) is 91.5 Å². The summed E-state index contributed by atoms with van der Waals surface area (Å²) >= 11 is 0. The quantitative estimate of drug-likeness (QED) is 0.268. The van der Waals surface area contributed by atoms with Crippen molar-refractivity contribution >= 4 is 29.2 Å². The molecule has 1 aromatic heterocycles. The Morgan fingerprint density at radius 3 is 2.33 bits per heavy atom. The first-order valence-corrected chi connectivity index (χ1v) is 10.9. The van der Waals surface area contributed by atoms with Crippen molar-refractivity contribution in [3.63, 3.8) is 0 Å². The maximum atomic E-state index is 11.1. The van der Waals surface area contributed by atoms with Crippen LogP contribution in [0.25, 0.3) is 10.9 Å². The van der Waals surface area contributed by atoms with Crippen LogP contribution in [-0.2, 0) is 6.54 Å². The van der Waals surface area contributed by atoms with Crippen molar-refractivity contribution in [1.29, 1.82) is 0 Å². The molecule has 0 unspecified atom stereocenters. The van der Waals surface area contributed by atoms with Crippen LogP contribution in [0.5, 0.6) is 11.5 Å². The molecule has 6 nitrogen and oxygen atoms in total. The van der Waals surface area contributed by atoms with Gasteiger partial charge in [0.15, 0.2) is 6.29 Å². The van der Waals surface area contributed by atoms with Crippen LogP contribution in [0.15, 0.2) is 78.9 Å². The van der Waals surface area contributed by atoms with E-state index in [0.717, 1.165) is 60.2 Å². The van der Waals surface area contributed by atoms with Gasteiger partial charge in [0.2, 0.25) is 0 Å². The summed E-state index contributed by atoms with van der Waals surface area (Å²) in [7, 11) is 3.79. The van der Waals surface area contributed by atoms with Gasteiger partial charge in [0.25, 0.3) is 0 Å². The van der Waals surface area contributed by atoms with Crippen LogP contribution >= 0.6 is 0 Å². The van der Waals surface area contributed by atoms with E-state index in [9.17, 15) is 9.59 Å². The normalized spacial score (nSPS) is 10.2. The zero-order valence-corrected chi connectivity index (χ0v) is 19.0. The van der Waals surface area contributed by atoms with Gasteiger partial charge in [0, 0.05) is 41.8 Å². The molecule has 4 aromatic rings. The van der Waals surface area contributed by atoms with Crippen molar-refractivity contribution in [3.05, 3.63) is 90.1 Å². The van der Waals surface area contributed by atoms with Gasteiger partial charge in [-0.15, -0.1) is 0 Å². The van der Waals surface area contributed by atoms with E-state index in [2.05, 4.69) is 10.6 Å². The van der Waals surface area contributed by atoms with E-state index in [4.69, 9.17) is 4.74 Å². The number of benzene rings is 3. The number of carbonyl (C=O) groups is 2. The van der Waals surface area contributed by atoms with E-state index in [1.165, 1.54) is 0 Å². The van der Waals surface area contributed by atoms with Crippen LogP contribution in [0.3, 0.4) is 0 Å². The number of aryl methyl sites for hydroxylation is 1. The molecule has 0 saturated heterocycles. The molecule has 170 valence electrons. The van der Waals surface area contributed by atoms with Gasteiger partial charge in [0.1, 0.15) is 17.8 Å². The Labute approximate surface area is 194 Å². The lowest BCUT2D eigenvalue weighted by atomic mass is 10.2. The lowest BCUT2D eigenvalue weighted by Crippen LogP contribution is -2.12. The highest BCUT2D eigenvalue weighted by Gasteiger charge is 2.08. The number of hydrogen-bond donors (Lipinski definition) is 2. The fraction of sp³-hybridized carbons (Fsp3) is 0.185. The van der Waals surface area contributed by atoms with Crippen LogP contribution in [0, 0.1) is 0 Å². The summed E-state index contributed by atoms with van der Waals surface area (Å²) < 4.78 is 7.65. The third-order valence-electron chi connectivity index (χ3n) is 5.13. The zero-order valence-electron chi connectivity index (χ0n) is 19.0. The molecule has 0 bridgehead atoms. The van der Waals surface area contributed by atoms with Gasteiger partial charge in [-0.3, -0.25) is 9.59 Å². The second-order valence-corrected chi connectivity index (χ2v) is 7.42. The fourth-order valence-electron chi connectivity index (χ4n) is 3.47. The molecule has 4 rings (SSSR count). The molecular weight excluding hydrogens is 414 g/mol. The van der Waals surface area contributed by atoms with Crippen LogP contribution in [0.4, 0.5) is 5.69 Å². The first-order chi connectivity index (χ1) is 16.2. The minimum atomic E-state index is 0.632. The molecule has 0 atom stereocenters. The number of hydrogen-bond acceptors (Lipinski definition) is 5. The fourth-order valence-corrected chi connectivity index (χ4v) is 3.47. The van der Waals surface area contributed by atoms with E-state index < -0.39 is 0 Å². The highest BCUT2D eigenvalue weighted by Crippen LogP contribution is 2.23. The number of aromatic nitrogens is 1. The van der Waals surface area contributed by atoms with Crippen LogP contribution in [-0.4, -0.2) is 37.8 Å². The standard InChI is InChI=1S/C14H16N2O2.C13H13NO/c1-15-5-2-6-16-13(10-18)8-12-4-3-11(9-17)7-14(12)16;1-14-11-6-5-9-13(10-11)15-12-7-3-2-4-8-12/h3-4,7-10,15H,2,5-6H2,1H3;2-10,14H,1H3. The maximum Gasteiger partial charge on any atom is 0.166 e. The molecule has 0 fully saturated rings. The van der Waals surface area contributed by atoms with Gasteiger partial charge in [-0.25, -0.2) is 0 Å². The Morgan fingerprint density at radius 2 is 1.64 bits per heavy atom. The predicted octanol–water partition coefficient (Wildman–Crippen LogP) is 5.40. The Hall–Kier alpha value is -3.90. The zero-order chi connectivity index (χ0) is 23.5. The first-order valence-electron chi connectivity index (χ1n) is 10.9. The summed E-state index contributed by atoms with van der Waals surface area (Å²) in [5.74, 6) is 1.69. The van der Waals surface area contributed by atoms with Crippen molar-refractivity contribution in [2.45, 2.75) is 13.0 Å². The number of nitrogens with one attached hydrogen (secondary N) is 2. The Morgan fingerprint density at radius 1 is 0.848 bits per heavy atom. The maximum absolute atomic E-state index is 11.1. The Kier molecular flexibility index (Phi) is 8.79. The summed E-state index contributed by atoms with van der Waals surface area (Å²) in [6.07, 6.45) is 2.62. The largest absolute Gasteiger partial charge is 0.457 e. The SMILES string of the molecule is CNCCCn1c(C=O)cc2ccc(C=O)cc21.CNc1cccc(Oc2ccccc2)c1. The van der Waals surface area contributed by atoms with Crippen molar-refractivity contribution in [2.24, 2.45) is 0 Å². The molecule has 0 radical (unpaired) electrons. The van der Waals surface area contributed by atoms with Gasteiger partial charge in [-0.2, -0.15) is 0 Å². The highest BCUT2D eigenvalue weighted by molar-refractivity contribution is 5.92. The second-order valence-electron chi connectivity index (χ2n) is 7.42. The number of rotatable bonds is 9. The van der Waals surface area contributed by atoms with Gasteiger partial charge in [-0.1, -0.05) is 36.4 Å². The summed E-state index contributed by atoms with van der Waals surface area (Å²) in [5.41, 5.74) is 3.28. The number of para-hydroxylation sites is 1. The van der Waals surface area contributed by atoms with Gasteiger partial charge in [-0.05, 0) is 56.4 Å². The van der Waals surface area contributed by atoms with Crippen LogP contribution < -0.4 is 15.4 Å². The van der Waals surface area contributed by atoms with E-state index in [1.54, 1.807) is 6.07 Å². The van der Waals surface area contributed by atoms with Crippen molar-refractivity contribution in [3.8, 4) is 11.5 Å². The molecule has 0 saturated carbocycles. The molecule has 0 amide bonds. The summed E-state index contributed by atoms with van der Waals surface area (Å²) in [5, 5.41) is 7.15. The summed E-state index contributed by atoms with van der Waals surface area (Å²) in [4.78, 5) is 21.9. The number of anilines is 1. The van der Waals surface area contributed by atoms with Gasteiger partial charge < -0.3 is 19.9 Å². The molecule has 3 aromatic carbocycles. The molecule has 0 aliphatic heterocycles. The number of ether oxygens (including phenoxy) is 1. The second kappa shape index (κ2) is 12.2. The Balaban J connectivity index is 0.000000189. The summed E-state index contributed by atoms with van der Waals surface area (Å²) in [6, 6.07) is 24.9. The Bertz CT molecular complexity index is 1190. The average molecular weight is 444 g/mol. The van der Waals surface area contributed by atoms with Gasteiger partial charge >= 0.3 is 0 Å².